The summed E-state index contributed by atoms with van der Waals surface area (Å²) in [5.74, 6) is 0.677. The zero-order chi connectivity index (χ0) is 16.9. The normalized spacial score (nSPS) is 11.3. The van der Waals surface area contributed by atoms with Crippen molar-refractivity contribution in [3.8, 4) is 5.75 Å². The molecule has 0 heterocycles. The molecule has 0 saturated carbocycles. The summed E-state index contributed by atoms with van der Waals surface area (Å²) in [6, 6.07) is 11.9. The second kappa shape index (κ2) is 7.84. The number of sulfonamides is 1. The first-order valence-electron chi connectivity index (χ1n) is 7.44. The van der Waals surface area contributed by atoms with Crippen LogP contribution in [-0.4, -0.2) is 15.0 Å². The first-order valence-corrected chi connectivity index (χ1v) is 9.72. The maximum Gasteiger partial charge on any atom is 0.261 e. The van der Waals surface area contributed by atoms with E-state index in [9.17, 15) is 8.42 Å². The van der Waals surface area contributed by atoms with Crippen LogP contribution < -0.4 is 9.46 Å². The molecular weight excluding hydrogens is 378 g/mol. The minimum absolute atomic E-state index is 0.208. The quantitative estimate of drug-likeness (QED) is 0.686. The van der Waals surface area contributed by atoms with Gasteiger partial charge in [-0.05, 0) is 55.3 Å². The molecule has 2 rings (SSSR count). The summed E-state index contributed by atoms with van der Waals surface area (Å²) >= 11 is 3.35. The van der Waals surface area contributed by atoms with Crippen LogP contribution in [0.25, 0.3) is 0 Å². The fraction of sp³-hybridized carbons (Fsp3) is 0.294. The van der Waals surface area contributed by atoms with Crippen molar-refractivity contribution in [1.82, 2.24) is 0 Å². The van der Waals surface area contributed by atoms with Crippen molar-refractivity contribution < 1.29 is 13.2 Å². The van der Waals surface area contributed by atoms with Crippen LogP contribution in [0.5, 0.6) is 5.75 Å². The second-order valence-electron chi connectivity index (χ2n) is 5.24. The van der Waals surface area contributed by atoms with E-state index in [0.29, 0.717) is 18.0 Å². The average Bonchev–Trinajstić information content (AvgIpc) is 2.51. The number of hydrogen-bond donors (Lipinski definition) is 1. The van der Waals surface area contributed by atoms with E-state index in [1.54, 1.807) is 30.3 Å². The molecule has 0 aliphatic carbocycles. The van der Waals surface area contributed by atoms with E-state index in [1.165, 1.54) is 0 Å². The van der Waals surface area contributed by atoms with Crippen LogP contribution in [0.15, 0.2) is 51.8 Å². The predicted octanol–water partition coefficient (Wildman–Crippen LogP) is 4.74. The molecule has 2 aromatic rings. The summed E-state index contributed by atoms with van der Waals surface area (Å²) < 4.78 is 33.9. The Bertz CT molecular complexity index is 758. The van der Waals surface area contributed by atoms with Gasteiger partial charge in [0.05, 0.1) is 17.2 Å². The summed E-state index contributed by atoms with van der Waals surface area (Å²) in [7, 11) is -3.62. The minimum Gasteiger partial charge on any atom is -0.494 e. The highest BCUT2D eigenvalue weighted by atomic mass is 79.9. The molecule has 0 amide bonds. The standard InChI is InChI=1S/C17H20BrNO3S/c1-3-4-11-22-15-7-9-16(10-8-15)23(20,21)19-17-12-14(18)6-5-13(17)2/h5-10,12,19H,3-4,11H2,1-2H3. The van der Waals surface area contributed by atoms with Crippen LogP contribution in [0.3, 0.4) is 0 Å². The minimum atomic E-state index is -3.62. The van der Waals surface area contributed by atoms with Crippen molar-refractivity contribution in [2.75, 3.05) is 11.3 Å². The molecule has 0 bridgehead atoms. The molecule has 124 valence electrons. The van der Waals surface area contributed by atoms with Crippen molar-refractivity contribution >= 4 is 31.6 Å². The number of rotatable bonds is 7. The number of halogens is 1. The van der Waals surface area contributed by atoms with Gasteiger partial charge in [0.2, 0.25) is 0 Å². The highest BCUT2D eigenvalue weighted by Crippen LogP contribution is 2.24. The van der Waals surface area contributed by atoms with Crippen molar-refractivity contribution in [2.45, 2.75) is 31.6 Å². The van der Waals surface area contributed by atoms with Gasteiger partial charge in [0, 0.05) is 4.47 Å². The van der Waals surface area contributed by atoms with E-state index in [1.807, 2.05) is 19.1 Å². The van der Waals surface area contributed by atoms with E-state index in [-0.39, 0.29) is 4.90 Å². The van der Waals surface area contributed by atoms with Crippen LogP contribution >= 0.6 is 15.9 Å². The Morgan fingerprint density at radius 2 is 1.83 bits per heavy atom. The highest BCUT2D eigenvalue weighted by Gasteiger charge is 2.15. The lowest BCUT2D eigenvalue weighted by molar-refractivity contribution is 0.309. The van der Waals surface area contributed by atoms with E-state index in [2.05, 4.69) is 27.6 Å². The lowest BCUT2D eigenvalue weighted by Gasteiger charge is -2.12. The Balaban J connectivity index is 2.14. The fourth-order valence-corrected chi connectivity index (χ4v) is 3.44. The molecule has 23 heavy (non-hydrogen) atoms. The van der Waals surface area contributed by atoms with Crippen molar-refractivity contribution in [1.29, 1.82) is 0 Å². The number of anilines is 1. The van der Waals surface area contributed by atoms with E-state index in [4.69, 9.17) is 4.74 Å². The largest absolute Gasteiger partial charge is 0.494 e. The summed E-state index contributed by atoms with van der Waals surface area (Å²) in [6.45, 7) is 4.58. The maximum atomic E-state index is 12.5. The van der Waals surface area contributed by atoms with Gasteiger partial charge in [-0.3, -0.25) is 4.72 Å². The number of nitrogens with one attached hydrogen (secondary N) is 1. The van der Waals surface area contributed by atoms with Gasteiger partial charge in [-0.15, -0.1) is 0 Å². The average molecular weight is 398 g/mol. The first-order chi connectivity index (χ1) is 10.9. The topological polar surface area (TPSA) is 55.4 Å². The van der Waals surface area contributed by atoms with Gasteiger partial charge < -0.3 is 4.74 Å². The summed E-state index contributed by atoms with van der Waals surface area (Å²) in [5.41, 5.74) is 1.42. The molecule has 0 atom stereocenters. The van der Waals surface area contributed by atoms with Gasteiger partial charge in [-0.1, -0.05) is 35.3 Å². The van der Waals surface area contributed by atoms with Crippen LogP contribution in [0.4, 0.5) is 5.69 Å². The van der Waals surface area contributed by atoms with Gasteiger partial charge in [0.1, 0.15) is 5.75 Å². The lowest BCUT2D eigenvalue weighted by Crippen LogP contribution is -2.13. The SMILES string of the molecule is CCCCOc1ccc(S(=O)(=O)Nc2cc(Br)ccc2C)cc1. The number of hydrogen-bond acceptors (Lipinski definition) is 3. The predicted molar refractivity (Wildman–Crippen MR) is 96.5 cm³/mol. The zero-order valence-electron chi connectivity index (χ0n) is 13.2. The van der Waals surface area contributed by atoms with Crippen LogP contribution in [0.2, 0.25) is 0 Å². The third-order valence-corrected chi connectivity index (χ3v) is 5.22. The molecule has 1 N–H and O–H groups in total. The zero-order valence-corrected chi connectivity index (χ0v) is 15.6. The molecule has 0 saturated heterocycles. The van der Waals surface area contributed by atoms with Crippen LogP contribution in [0.1, 0.15) is 25.3 Å². The molecule has 0 radical (unpaired) electrons. The van der Waals surface area contributed by atoms with Crippen LogP contribution in [0, 0.1) is 6.92 Å². The summed E-state index contributed by atoms with van der Waals surface area (Å²) in [4.78, 5) is 0.208. The second-order valence-corrected chi connectivity index (χ2v) is 7.84. The van der Waals surface area contributed by atoms with Gasteiger partial charge in [-0.2, -0.15) is 0 Å². The Kier molecular flexibility index (Phi) is 6.07. The summed E-state index contributed by atoms with van der Waals surface area (Å²) in [6.07, 6.45) is 2.03. The molecule has 0 fully saturated rings. The molecule has 6 heteroatoms. The molecule has 4 nitrogen and oxygen atoms in total. The number of benzene rings is 2. The third kappa shape index (κ3) is 4.97. The maximum absolute atomic E-state index is 12.5. The van der Waals surface area contributed by atoms with Gasteiger partial charge in [0.25, 0.3) is 10.0 Å². The fourth-order valence-electron chi connectivity index (χ4n) is 1.96. The first kappa shape index (κ1) is 17.8. The number of unbranched alkanes of at least 4 members (excludes halogenated alkanes) is 1. The monoisotopic (exact) mass is 397 g/mol. The molecule has 0 unspecified atom stereocenters. The molecule has 0 aromatic heterocycles. The third-order valence-electron chi connectivity index (χ3n) is 3.34. The van der Waals surface area contributed by atoms with Crippen LogP contribution in [-0.2, 0) is 10.0 Å². The van der Waals surface area contributed by atoms with Gasteiger partial charge in [-0.25, -0.2) is 8.42 Å². The van der Waals surface area contributed by atoms with E-state index < -0.39 is 10.0 Å². The molecule has 0 aliphatic rings. The van der Waals surface area contributed by atoms with E-state index >= 15 is 0 Å². The number of aryl methyl sites for hydroxylation is 1. The summed E-state index contributed by atoms with van der Waals surface area (Å²) in [5, 5.41) is 0. The molecular formula is C17H20BrNO3S. The van der Waals surface area contributed by atoms with E-state index in [0.717, 1.165) is 22.9 Å². The van der Waals surface area contributed by atoms with Gasteiger partial charge >= 0.3 is 0 Å². The Morgan fingerprint density at radius 3 is 2.48 bits per heavy atom. The van der Waals surface area contributed by atoms with Crippen molar-refractivity contribution in [3.05, 3.63) is 52.5 Å². The Labute approximate surface area is 146 Å². The van der Waals surface area contributed by atoms with Crippen molar-refractivity contribution in [3.63, 3.8) is 0 Å². The van der Waals surface area contributed by atoms with Gasteiger partial charge in [0.15, 0.2) is 0 Å². The molecule has 0 aliphatic heterocycles. The molecule has 2 aromatic carbocycles. The lowest BCUT2D eigenvalue weighted by atomic mass is 10.2. The smallest absolute Gasteiger partial charge is 0.261 e. The Morgan fingerprint density at radius 1 is 1.13 bits per heavy atom. The number of ether oxygens (including phenoxy) is 1. The highest BCUT2D eigenvalue weighted by molar-refractivity contribution is 9.10. The Hall–Kier alpha value is -1.53. The van der Waals surface area contributed by atoms with Crippen molar-refractivity contribution in [2.24, 2.45) is 0 Å². The molecule has 0 spiro atoms.